The molecule has 0 aliphatic carbocycles. The summed E-state index contributed by atoms with van der Waals surface area (Å²) in [5.74, 6) is 0.388. The molecule has 1 aliphatic heterocycles. The van der Waals surface area contributed by atoms with Gasteiger partial charge in [-0.25, -0.2) is 8.42 Å². The number of sulfonamides is 1. The first kappa shape index (κ1) is 17.7. The summed E-state index contributed by atoms with van der Waals surface area (Å²) < 4.78 is 27.9. The van der Waals surface area contributed by atoms with Crippen LogP contribution in [0.4, 0.5) is 0 Å². The fourth-order valence-corrected chi connectivity index (χ4v) is 6.58. The van der Waals surface area contributed by atoms with Gasteiger partial charge >= 0.3 is 0 Å². The maximum absolute atomic E-state index is 12.7. The van der Waals surface area contributed by atoms with E-state index in [1.54, 1.807) is 4.31 Å². The van der Waals surface area contributed by atoms with Crippen molar-refractivity contribution in [3.05, 3.63) is 14.9 Å². The van der Waals surface area contributed by atoms with E-state index < -0.39 is 10.0 Å². The minimum absolute atomic E-state index is 0.321. The Kier molecular flexibility index (Phi) is 6.52. The topological polar surface area (TPSA) is 49.4 Å². The van der Waals surface area contributed by atoms with Crippen LogP contribution < -0.4 is 5.32 Å². The lowest BCUT2D eigenvalue weighted by atomic mass is 10.00. The molecular weight excluding hydrogens is 396 g/mol. The van der Waals surface area contributed by atoms with Crippen molar-refractivity contribution in [1.29, 1.82) is 0 Å². The molecule has 21 heavy (non-hydrogen) atoms. The molecule has 8 heteroatoms. The van der Waals surface area contributed by atoms with Crippen molar-refractivity contribution in [2.75, 3.05) is 26.2 Å². The summed E-state index contributed by atoms with van der Waals surface area (Å²) in [5.41, 5.74) is 0. The van der Waals surface area contributed by atoms with Crippen molar-refractivity contribution in [2.45, 2.75) is 30.4 Å². The number of piperidine rings is 1. The molecule has 1 aliphatic rings. The van der Waals surface area contributed by atoms with Gasteiger partial charge in [0.1, 0.15) is 4.21 Å². The summed E-state index contributed by atoms with van der Waals surface area (Å²) in [4.78, 5) is 0. The molecule has 120 valence electrons. The fourth-order valence-electron chi connectivity index (χ4n) is 2.48. The zero-order valence-electron chi connectivity index (χ0n) is 11.9. The second-order valence-corrected chi connectivity index (χ2v) is 10.2. The Bertz CT molecular complexity index is 557. The largest absolute Gasteiger partial charge is 0.316 e. The zero-order chi connectivity index (χ0) is 15.5. The molecule has 1 atom stereocenters. The van der Waals surface area contributed by atoms with Crippen LogP contribution in [0.2, 0.25) is 5.02 Å². The lowest BCUT2D eigenvalue weighted by Crippen LogP contribution is -2.42. The number of nitrogens with one attached hydrogen (secondary N) is 1. The standard InChI is InChI=1S/C13H20BrClN2O2S2/c1-2-5-16-8-10-4-3-6-17(9-10)21(18,19)12-7-11(15)13(14)20-12/h7,10,16H,2-6,8-9H2,1H3. The van der Waals surface area contributed by atoms with Crippen LogP contribution in [0.1, 0.15) is 26.2 Å². The molecule has 1 aromatic rings. The molecule has 0 radical (unpaired) electrons. The second kappa shape index (κ2) is 7.75. The first-order chi connectivity index (χ1) is 9.95. The van der Waals surface area contributed by atoms with Crippen LogP contribution in [0.25, 0.3) is 0 Å². The SMILES string of the molecule is CCCNCC1CCCN(S(=O)(=O)c2cc(Cl)c(Br)s2)C1. The average Bonchev–Trinajstić information content (AvgIpc) is 2.80. The molecule has 2 rings (SSSR count). The van der Waals surface area contributed by atoms with Gasteiger partial charge in [0.15, 0.2) is 0 Å². The maximum atomic E-state index is 12.7. The molecule has 0 amide bonds. The van der Waals surface area contributed by atoms with E-state index >= 15 is 0 Å². The van der Waals surface area contributed by atoms with Crippen LogP contribution in [-0.4, -0.2) is 38.9 Å². The fraction of sp³-hybridized carbons (Fsp3) is 0.692. The molecule has 1 N–H and O–H groups in total. The van der Waals surface area contributed by atoms with Crippen LogP contribution in [0.3, 0.4) is 0 Å². The van der Waals surface area contributed by atoms with E-state index in [1.807, 2.05) is 0 Å². The Morgan fingerprint density at radius 3 is 2.95 bits per heavy atom. The third kappa shape index (κ3) is 4.42. The quantitative estimate of drug-likeness (QED) is 0.723. The smallest absolute Gasteiger partial charge is 0.252 e. The molecule has 1 saturated heterocycles. The Hall–Kier alpha value is 0.340. The summed E-state index contributed by atoms with van der Waals surface area (Å²) in [5, 5.41) is 3.84. The van der Waals surface area contributed by atoms with Gasteiger partial charge in [-0.15, -0.1) is 11.3 Å². The van der Waals surface area contributed by atoms with Crippen molar-refractivity contribution in [3.63, 3.8) is 0 Å². The number of hydrogen-bond donors (Lipinski definition) is 1. The highest BCUT2D eigenvalue weighted by atomic mass is 79.9. The van der Waals surface area contributed by atoms with Crippen LogP contribution in [0.15, 0.2) is 14.1 Å². The van der Waals surface area contributed by atoms with Crippen LogP contribution in [-0.2, 0) is 10.0 Å². The molecule has 4 nitrogen and oxygen atoms in total. The molecule has 0 spiro atoms. The highest BCUT2D eigenvalue weighted by Gasteiger charge is 2.31. The number of thiophene rings is 1. The molecule has 0 aromatic carbocycles. The summed E-state index contributed by atoms with van der Waals surface area (Å²) in [6.45, 7) is 5.18. The van der Waals surface area contributed by atoms with E-state index in [2.05, 4.69) is 28.2 Å². The summed E-state index contributed by atoms with van der Waals surface area (Å²) in [6, 6.07) is 1.53. The van der Waals surface area contributed by atoms with Crippen LogP contribution in [0, 0.1) is 5.92 Å². The van der Waals surface area contributed by atoms with E-state index in [0.29, 0.717) is 32.0 Å². The first-order valence-corrected chi connectivity index (χ1v) is 10.5. The molecule has 1 fully saturated rings. The van der Waals surface area contributed by atoms with Gasteiger partial charge in [-0.3, -0.25) is 0 Å². The molecular formula is C13H20BrClN2O2S2. The Morgan fingerprint density at radius 2 is 2.33 bits per heavy atom. The molecule has 0 bridgehead atoms. The first-order valence-electron chi connectivity index (χ1n) is 7.11. The van der Waals surface area contributed by atoms with E-state index in [9.17, 15) is 8.42 Å². The maximum Gasteiger partial charge on any atom is 0.252 e. The Labute approximate surface area is 144 Å². The van der Waals surface area contributed by atoms with Gasteiger partial charge < -0.3 is 5.32 Å². The second-order valence-electron chi connectivity index (χ2n) is 5.26. The highest BCUT2D eigenvalue weighted by Crippen LogP contribution is 2.36. The lowest BCUT2D eigenvalue weighted by molar-refractivity contribution is 0.261. The Balaban J connectivity index is 2.05. The molecule has 1 unspecified atom stereocenters. The Morgan fingerprint density at radius 1 is 1.57 bits per heavy atom. The van der Waals surface area contributed by atoms with Crippen LogP contribution >= 0.6 is 38.9 Å². The van der Waals surface area contributed by atoms with Gasteiger partial charge in [0.25, 0.3) is 10.0 Å². The van der Waals surface area contributed by atoms with E-state index in [-0.39, 0.29) is 0 Å². The predicted octanol–water partition coefficient (Wildman–Crippen LogP) is 3.56. The van der Waals surface area contributed by atoms with E-state index in [0.717, 1.165) is 32.4 Å². The van der Waals surface area contributed by atoms with Gasteiger partial charge in [-0.05, 0) is 60.3 Å². The predicted molar refractivity (Wildman–Crippen MR) is 91.7 cm³/mol. The lowest BCUT2D eigenvalue weighted by Gasteiger charge is -2.31. The van der Waals surface area contributed by atoms with Gasteiger partial charge in [-0.1, -0.05) is 18.5 Å². The molecule has 0 saturated carbocycles. The number of nitrogens with zero attached hydrogens (tertiary/aromatic N) is 1. The highest BCUT2D eigenvalue weighted by molar-refractivity contribution is 9.11. The summed E-state index contributed by atoms with van der Waals surface area (Å²) >= 11 is 10.4. The monoisotopic (exact) mass is 414 g/mol. The van der Waals surface area contributed by atoms with Crippen molar-refractivity contribution in [3.8, 4) is 0 Å². The van der Waals surface area contributed by atoms with E-state index in [4.69, 9.17) is 11.6 Å². The van der Waals surface area contributed by atoms with E-state index in [1.165, 1.54) is 17.4 Å². The summed E-state index contributed by atoms with van der Waals surface area (Å²) in [6.07, 6.45) is 3.09. The number of hydrogen-bond acceptors (Lipinski definition) is 4. The minimum atomic E-state index is -3.42. The third-order valence-electron chi connectivity index (χ3n) is 3.56. The van der Waals surface area contributed by atoms with Crippen molar-refractivity contribution < 1.29 is 8.42 Å². The van der Waals surface area contributed by atoms with Crippen molar-refractivity contribution in [1.82, 2.24) is 9.62 Å². The zero-order valence-corrected chi connectivity index (χ0v) is 15.9. The normalized spacial score (nSPS) is 20.8. The van der Waals surface area contributed by atoms with Gasteiger partial charge in [0, 0.05) is 13.1 Å². The van der Waals surface area contributed by atoms with Crippen molar-refractivity contribution >= 4 is 48.9 Å². The number of halogens is 2. The average molecular weight is 416 g/mol. The van der Waals surface area contributed by atoms with Crippen LogP contribution in [0.5, 0.6) is 0 Å². The summed E-state index contributed by atoms with van der Waals surface area (Å²) in [7, 11) is -3.42. The van der Waals surface area contributed by atoms with Gasteiger partial charge in [0.05, 0.1) is 8.81 Å². The van der Waals surface area contributed by atoms with Gasteiger partial charge in [0.2, 0.25) is 0 Å². The molecule has 2 heterocycles. The van der Waals surface area contributed by atoms with Crippen molar-refractivity contribution in [2.24, 2.45) is 5.92 Å². The minimum Gasteiger partial charge on any atom is -0.316 e. The number of rotatable bonds is 6. The van der Waals surface area contributed by atoms with Gasteiger partial charge in [-0.2, -0.15) is 4.31 Å². The third-order valence-corrected chi connectivity index (χ3v) is 8.35. The molecule has 1 aromatic heterocycles.